The summed E-state index contributed by atoms with van der Waals surface area (Å²) in [5, 5.41) is 8.44. The minimum atomic E-state index is -3.39. The number of hydrogen-bond donors (Lipinski definition) is 2. The highest BCUT2D eigenvalue weighted by molar-refractivity contribution is 7.90. The highest BCUT2D eigenvalue weighted by Gasteiger charge is 2.29. The standard InChI is InChI=1S/C9H19NO4S/c1-7(5-6-8(11)12)10-15(13,14)9(2,3)4/h7,10H,5-6H2,1-4H3,(H,11,12). The molecule has 0 saturated heterocycles. The Kier molecular flexibility index (Phi) is 4.73. The first-order valence-corrected chi connectivity index (χ1v) is 6.28. The zero-order chi connectivity index (χ0) is 12.3. The van der Waals surface area contributed by atoms with Crippen molar-refractivity contribution in [2.75, 3.05) is 0 Å². The monoisotopic (exact) mass is 237 g/mol. The second kappa shape index (κ2) is 4.94. The molecule has 6 heteroatoms. The Balaban J connectivity index is 4.30. The number of sulfonamides is 1. The van der Waals surface area contributed by atoms with Crippen LogP contribution in [0.1, 0.15) is 40.5 Å². The summed E-state index contributed by atoms with van der Waals surface area (Å²) in [5.41, 5.74) is 0. The van der Waals surface area contributed by atoms with Gasteiger partial charge in [-0.1, -0.05) is 0 Å². The second-order valence-corrected chi connectivity index (χ2v) is 7.03. The molecule has 0 radical (unpaired) electrons. The topological polar surface area (TPSA) is 83.5 Å². The van der Waals surface area contributed by atoms with Gasteiger partial charge >= 0.3 is 5.97 Å². The molecule has 0 amide bonds. The van der Waals surface area contributed by atoms with Crippen molar-refractivity contribution < 1.29 is 18.3 Å². The normalized spacial score (nSPS) is 14.9. The third-order valence-electron chi connectivity index (χ3n) is 1.95. The molecule has 0 aliphatic rings. The Morgan fingerprint density at radius 3 is 2.20 bits per heavy atom. The summed E-state index contributed by atoms with van der Waals surface area (Å²) in [4.78, 5) is 10.3. The molecule has 2 N–H and O–H groups in total. The van der Waals surface area contributed by atoms with Crippen LogP contribution in [0, 0.1) is 0 Å². The Labute approximate surface area is 90.9 Å². The van der Waals surface area contributed by atoms with E-state index in [2.05, 4.69) is 4.72 Å². The van der Waals surface area contributed by atoms with Gasteiger partial charge in [-0.15, -0.1) is 0 Å². The molecular weight excluding hydrogens is 218 g/mol. The lowest BCUT2D eigenvalue weighted by Crippen LogP contribution is -2.43. The van der Waals surface area contributed by atoms with E-state index in [1.165, 1.54) is 0 Å². The molecule has 0 heterocycles. The summed E-state index contributed by atoms with van der Waals surface area (Å²) in [6.45, 7) is 6.45. The van der Waals surface area contributed by atoms with Crippen molar-refractivity contribution in [3.8, 4) is 0 Å². The molecule has 0 aliphatic carbocycles. The molecule has 0 aliphatic heterocycles. The van der Waals surface area contributed by atoms with Gasteiger partial charge in [-0.25, -0.2) is 13.1 Å². The van der Waals surface area contributed by atoms with Crippen LogP contribution in [0.25, 0.3) is 0 Å². The van der Waals surface area contributed by atoms with Crippen LogP contribution in [-0.2, 0) is 14.8 Å². The van der Waals surface area contributed by atoms with Crippen LogP contribution in [-0.4, -0.2) is 30.3 Å². The Morgan fingerprint density at radius 2 is 1.87 bits per heavy atom. The number of nitrogens with one attached hydrogen (secondary N) is 1. The van der Waals surface area contributed by atoms with Crippen LogP contribution in [0.2, 0.25) is 0 Å². The van der Waals surface area contributed by atoms with Gasteiger partial charge in [-0.05, 0) is 34.1 Å². The first-order chi connectivity index (χ1) is 6.56. The van der Waals surface area contributed by atoms with Crippen molar-refractivity contribution in [2.45, 2.75) is 51.3 Å². The van der Waals surface area contributed by atoms with Crippen LogP contribution >= 0.6 is 0 Å². The van der Waals surface area contributed by atoms with Gasteiger partial charge in [0.2, 0.25) is 10.0 Å². The van der Waals surface area contributed by atoms with Crippen molar-refractivity contribution in [3.63, 3.8) is 0 Å². The van der Waals surface area contributed by atoms with Crippen molar-refractivity contribution in [3.05, 3.63) is 0 Å². The van der Waals surface area contributed by atoms with Crippen LogP contribution in [0.4, 0.5) is 0 Å². The fraction of sp³-hybridized carbons (Fsp3) is 0.889. The number of carbonyl (C=O) groups is 1. The van der Waals surface area contributed by atoms with E-state index in [9.17, 15) is 13.2 Å². The average molecular weight is 237 g/mol. The van der Waals surface area contributed by atoms with Crippen molar-refractivity contribution >= 4 is 16.0 Å². The second-order valence-electron chi connectivity index (χ2n) is 4.57. The summed E-state index contributed by atoms with van der Waals surface area (Å²) >= 11 is 0. The lowest BCUT2D eigenvalue weighted by Gasteiger charge is -2.22. The van der Waals surface area contributed by atoms with Gasteiger partial charge < -0.3 is 5.11 Å². The fourth-order valence-electron chi connectivity index (χ4n) is 0.841. The number of carboxylic acid groups (broad SMARTS) is 1. The van der Waals surface area contributed by atoms with Crippen LogP contribution in [0.3, 0.4) is 0 Å². The van der Waals surface area contributed by atoms with E-state index < -0.39 is 20.7 Å². The van der Waals surface area contributed by atoms with E-state index in [1.54, 1.807) is 27.7 Å². The third-order valence-corrected chi connectivity index (χ3v) is 4.28. The third kappa shape index (κ3) is 5.13. The predicted octanol–water partition coefficient (Wildman–Crippen LogP) is 0.958. The van der Waals surface area contributed by atoms with Gasteiger partial charge in [0.15, 0.2) is 0 Å². The molecule has 0 rings (SSSR count). The van der Waals surface area contributed by atoms with Gasteiger partial charge in [0, 0.05) is 12.5 Å². The highest BCUT2D eigenvalue weighted by atomic mass is 32.2. The lowest BCUT2D eigenvalue weighted by molar-refractivity contribution is -0.137. The number of hydrogen-bond acceptors (Lipinski definition) is 3. The Hall–Kier alpha value is -0.620. The lowest BCUT2D eigenvalue weighted by atomic mass is 10.2. The van der Waals surface area contributed by atoms with E-state index in [0.29, 0.717) is 6.42 Å². The summed E-state index contributed by atoms with van der Waals surface area (Å²) in [6.07, 6.45) is 0.262. The first kappa shape index (κ1) is 14.4. The van der Waals surface area contributed by atoms with Gasteiger partial charge in [-0.2, -0.15) is 0 Å². The molecule has 0 aromatic rings. The van der Waals surface area contributed by atoms with Crippen molar-refractivity contribution in [1.29, 1.82) is 0 Å². The van der Waals surface area contributed by atoms with E-state index >= 15 is 0 Å². The largest absolute Gasteiger partial charge is 0.481 e. The summed E-state index contributed by atoms with van der Waals surface area (Å²) in [5.74, 6) is -0.920. The number of rotatable bonds is 5. The molecule has 1 unspecified atom stereocenters. The van der Waals surface area contributed by atoms with Crippen molar-refractivity contribution in [1.82, 2.24) is 4.72 Å². The van der Waals surface area contributed by atoms with E-state index in [0.717, 1.165) is 0 Å². The van der Waals surface area contributed by atoms with Crippen LogP contribution in [0.5, 0.6) is 0 Å². The summed E-state index contributed by atoms with van der Waals surface area (Å²) in [7, 11) is -3.39. The molecule has 90 valence electrons. The summed E-state index contributed by atoms with van der Waals surface area (Å²) < 4.78 is 24.9. The molecular formula is C9H19NO4S. The maximum absolute atomic E-state index is 11.6. The molecule has 0 aromatic heterocycles. The van der Waals surface area contributed by atoms with Crippen LogP contribution < -0.4 is 4.72 Å². The molecule has 15 heavy (non-hydrogen) atoms. The van der Waals surface area contributed by atoms with Crippen molar-refractivity contribution in [2.24, 2.45) is 0 Å². The fourth-order valence-corrected chi connectivity index (χ4v) is 1.84. The highest BCUT2D eigenvalue weighted by Crippen LogP contribution is 2.14. The molecule has 0 bridgehead atoms. The van der Waals surface area contributed by atoms with Crippen LogP contribution in [0.15, 0.2) is 0 Å². The predicted molar refractivity (Wildman–Crippen MR) is 58.1 cm³/mol. The minimum absolute atomic E-state index is 0.0339. The Morgan fingerprint density at radius 1 is 1.40 bits per heavy atom. The number of carboxylic acids is 1. The minimum Gasteiger partial charge on any atom is -0.481 e. The van der Waals surface area contributed by atoms with Gasteiger partial charge in [0.05, 0.1) is 4.75 Å². The zero-order valence-electron chi connectivity index (χ0n) is 9.57. The zero-order valence-corrected chi connectivity index (χ0v) is 10.4. The Bertz CT molecular complexity index is 315. The average Bonchev–Trinajstić information content (AvgIpc) is 1.97. The number of aliphatic carboxylic acids is 1. The molecule has 0 spiro atoms. The maximum Gasteiger partial charge on any atom is 0.303 e. The quantitative estimate of drug-likeness (QED) is 0.746. The molecule has 0 saturated carbocycles. The molecule has 0 aromatic carbocycles. The summed E-state index contributed by atoms with van der Waals surface area (Å²) in [6, 6.07) is -0.356. The molecule has 1 atom stereocenters. The SMILES string of the molecule is CC(CCC(=O)O)NS(=O)(=O)C(C)(C)C. The maximum atomic E-state index is 11.6. The van der Waals surface area contributed by atoms with Gasteiger partial charge in [0.25, 0.3) is 0 Å². The molecule has 0 fully saturated rings. The van der Waals surface area contributed by atoms with E-state index in [1.807, 2.05) is 0 Å². The first-order valence-electron chi connectivity index (χ1n) is 4.80. The smallest absolute Gasteiger partial charge is 0.303 e. The van der Waals surface area contributed by atoms with Gasteiger partial charge in [0.1, 0.15) is 0 Å². The van der Waals surface area contributed by atoms with E-state index in [-0.39, 0.29) is 12.5 Å². The molecule has 5 nitrogen and oxygen atoms in total. The van der Waals surface area contributed by atoms with Gasteiger partial charge in [-0.3, -0.25) is 4.79 Å². The van der Waals surface area contributed by atoms with E-state index in [4.69, 9.17) is 5.11 Å².